The van der Waals surface area contributed by atoms with Crippen molar-refractivity contribution < 1.29 is 4.79 Å². The number of likely N-dealkylation sites (tertiary alicyclic amines) is 2. The van der Waals surface area contributed by atoms with E-state index in [1.165, 1.54) is 6.42 Å². The summed E-state index contributed by atoms with van der Waals surface area (Å²) < 4.78 is 0. The van der Waals surface area contributed by atoms with E-state index in [2.05, 4.69) is 39.0 Å². The topological polar surface area (TPSA) is 78.0 Å². The van der Waals surface area contributed by atoms with E-state index in [-0.39, 0.29) is 11.3 Å². The molecule has 0 saturated carbocycles. The summed E-state index contributed by atoms with van der Waals surface area (Å²) in [5, 5.41) is 1.04. The van der Waals surface area contributed by atoms with Crippen LogP contribution in [0.15, 0.2) is 60.9 Å². The number of aromatic amines is 1. The second-order valence-electron chi connectivity index (χ2n) is 9.82. The molecule has 1 unspecified atom stereocenters. The van der Waals surface area contributed by atoms with Crippen LogP contribution in [0.2, 0.25) is 0 Å². The molecule has 1 aromatic carbocycles. The molecule has 2 aliphatic rings. The van der Waals surface area contributed by atoms with Gasteiger partial charge < -0.3 is 14.8 Å². The molecule has 0 aliphatic carbocycles. The number of aromatic nitrogens is 4. The van der Waals surface area contributed by atoms with Gasteiger partial charge in [-0.2, -0.15) is 0 Å². The fraction of sp³-hybridized carbons (Fsp3) is 0.333. The molecule has 7 nitrogen and oxygen atoms in total. The number of amides is 1. The van der Waals surface area contributed by atoms with Crippen LogP contribution in [0.1, 0.15) is 34.7 Å². The maximum atomic E-state index is 13.2. The molecular weight excluding hydrogens is 424 g/mol. The van der Waals surface area contributed by atoms with Crippen LogP contribution in [0.25, 0.3) is 22.3 Å². The molecular formula is C27H28N6O. The molecule has 5 heterocycles. The van der Waals surface area contributed by atoms with Crippen LogP contribution < -0.4 is 0 Å². The van der Waals surface area contributed by atoms with Crippen molar-refractivity contribution in [3.63, 3.8) is 0 Å². The van der Waals surface area contributed by atoms with Crippen molar-refractivity contribution in [1.29, 1.82) is 0 Å². The molecule has 2 saturated heterocycles. The van der Waals surface area contributed by atoms with Gasteiger partial charge >= 0.3 is 0 Å². The average Bonchev–Trinajstić information content (AvgIpc) is 3.57. The molecule has 1 amide bonds. The number of carbonyl (C=O) groups is 1. The standard InChI is InChI=1S/C27H28N6O/c1-32-12-8-27(17-32)9-13-33(18-27)26(34)24-16-20-14-19(5-6-21(20)30-24)15-25-29-11-7-23(31-25)22-4-2-3-10-28-22/h2-7,10-11,14,16,30H,8-9,12-13,15,17-18H2,1H3. The van der Waals surface area contributed by atoms with Crippen molar-refractivity contribution >= 4 is 16.8 Å². The quantitative estimate of drug-likeness (QED) is 0.510. The number of benzene rings is 1. The number of H-pyrrole nitrogens is 1. The first kappa shape index (κ1) is 21.0. The predicted molar refractivity (Wildman–Crippen MR) is 131 cm³/mol. The first-order chi connectivity index (χ1) is 16.6. The van der Waals surface area contributed by atoms with E-state index in [1.54, 1.807) is 12.4 Å². The zero-order chi connectivity index (χ0) is 23.1. The minimum atomic E-state index is 0.107. The van der Waals surface area contributed by atoms with Crippen molar-refractivity contribution in [2.75, 3.05) is 33.2 Å². The van der Waals surface area contributed by atoms with Gasteiger partial charge in [0.2, 0.25) is 0 Å². The van der Waals surface area contributed by atoms with Gasteiger partial charge in [0.1, 0.15) is 11.5 Å². The Balaban J connectivity index is 1.19. The van der Waals surface area contributed by atoms with E-state index in [9.17, 15) is 4.79 Å². The number of hydrogen-bond donors (Lipinski definition) is 1. The molecule has 2 aliphatic heterocycles. The van der Waals surface area contributed by atoms with Crippen LogP contribution in [0.3, 0.4) is 0 Å². The summed E-state index contributed by atoms with van der Waals surface area (Å²) in [6.07, 6.45) is 6.46. The van der Waals surface area contributed by atoms with Crippen molar-refractivity contribution in [3.05, 3.63) is 78.0 Å². The summed E-state index contributed by atoms with van der Waals surface area (Å²) in [4.78, 5) is 34.5. The molecule has 2 fully saturated rings. The first-order valence-corrected chi connectivity index (χ1v) is 11.9. The third-order valence-electron chi connectivity index (χ3n) is 7.27. The summed E-state index contributed by atoms with van der Waals surface area (Å²) in [5.41, 5.74) is 4.70. The average molecular weight is 453 g/mol. The number of nitrogens with zero attached hydrogens (tertiary/aromatic N) is 5. The van der Waals surface area contributed by atoms with Gasteiger partial charge in [0, 0.05) is 54.8 Å². The molecule has 0 bridgehead atoms. The minimum absolute atomic E-state index is 0.107. The van der Waals surface area contributed by atoms with Crippen molar-refractivity contribution in [2.24, 2.45) is 5.41 Å². The van der Waals surface area contributed by atoms with Crippen LogP contribution in [0.5, 0.6) is 0 Å². The second-order valence-corrected chi connectivity index (χ2v) is 9.82. The fourth-order valence-corrected chi connectivity index (χ4v) is 5.50. The third kappa shape index (κ3) is 3.96. The number of rotatable bonds is 4. The summed E-state index contributed by atoms with van der Waals surface area (Å²) in [6, 6.07) is 15.9. The van der Waals surface area contributed by atoms with Crippen LogP contribution in [0, 0.1) is 5.41 Å². The summed E-state index contributed by atoms with van der Waals surface area (Å²) in [7, 11) is 2.17. The van der Waals surface area contributed by atoms with E-state index in [0.29, 0.717) is 12.1 Å². The molecule has 34 heavy (non-hydrogen) atoms. The fourth-order valence-electron chi connectivity index (χ4n) is 5.50. The van der Waals surface area contributed by atoms with Gasteiger partial charge in [0.05, 0.1) is 11.4 Å². The smallest absolute Gasteiger partial charge is 0.270 e. The number of pyridine rings is 1. The lowest BCUT2D eigenvalue weighted by Gasteiger charge is -2.23. The largest absolute Gasteiger partial charge is 0.351 e. The van der Waals surface area contributed by atoms with E-state index in [4.69, 9.17) is 4.98 Å². The van der Waals surface area contributed by atoms with Gasteiger partial charge in [-0.05, 0) is 68.4 Å². The van der Waals surface area contributed by atoms with Gasteiger partial charge in [-0.3, -0.25) is 9.78 Å². The zero-order valence-corrected chi connectivity index (χ0v) is 19.4. The molecule has 172 valence electrons. The third-order valence-corrected chi connectivity index (χ3v) is 7.27. The summed E-state index contributed by atoms with van der Waals surface area (Å²) in [5.74, 6) is 0.855. The molecule has 1 spiro atoms. The molecule has 1 atom stereocenters. The van der Waals surface area contributed by atoms with E-state index in [1.807, 2.05) is 41.3 Å². The lowest BCUT2D eigenvalue weighted by molar-refractivity contribution is 0.0769. The molecule has 4 aromatic rings. The highest BCUT2D eigenvalue weighted by molar-refractivity contribution is 5.98. The lowest BCUT2D eigenvalue weighted by Crippen LogP contribution is -2.33. The molecule has 7 heteroatoms. The highest BCUT2D eigenvalue weighted by Crippen LogP contribution is 2.39. The zero-order valence-electron chi connectivity index (χ0n) is 19.4. The van der Waals surface area contributed by atoms with Gasteiger partial charge in [0.25, 0.3) is 5.91 Å². The Bertz CT molecular complexity index is 1350. The lowest BCUT2D eigenvalue weighted by atomic mass is 9.86. The number of fused-ring (bicyclic) bond motifs is 1. The molecule has 1 N–H and O–H groups in total. The number of carbonyl (C=O) groups excluding carboxylic acids is 1. The Labute approximate surface area is 198 Å². The van der Waals surface area contributed by atoms with Crippen molar-refractivity contribution in [3.8, 4) is 11.4 Å². The predicted octanol–water partition coefficient (Wildman–Crippen LogP) is 3.78. The van der Waals surface area contributed by atoms with E-state index in [0.717, 1.165) is 66.3 Å². The van der Waals surface area contributed by atoms with Gasteiger partial charge in [0.15, 0.2) is 0 Å². The van der Waals surface area contributed by atoms with E-state index < -0.39 is 0 Å². The van der Waals surface area contributed by atoms with Gasteiger partial charge in [-0.15, -0.1) is 0 Å². The Morgan fingerprint density at radius 1 is 1.00 bits per heavy atom. The first-order valence-electron chi connectivity index (χ1n) is 11.9. The van der Waals surface area contributed by atoms with Gasteiger partial charge in [-0.1, -0.05) is 12.1 Å². The van der Waals surface area contributed by atoms with E-state index >= 15 is 0 Å². The Kier molecular flexibility index (Phi) is 5.14. The summed E-state index contributed by atoms with van der Waals surface area (Å²) >= 11 is 0. The highest BCUT2D eigenvalue weighted by atomic mass is 16.2. The SMILES string of the molecule is CN1CCC2(CCN(C(=O)c3cc4cc(Cc5nccc(-c6ccccn6)n5)ccc4[nH]3)C2)C1. The Morgan fingerprint density at radius 2 is 1.91 bits per heavy atom. The second kappa shape index (κ2) is 8.33. The minimum Gasteiger partial charge on any atom is -0.351 e. The van der Waals surface area contributed by atoms with Crippen LogP contribution in [-0.2, 0) is 6.42 Å². The maximum Gasteiger partial charge on any atom is 0.270 e. The van der Waals surface area contributed by atoms with Crippen LogP contribution >= 0.6 is 0 Å². The molecule has 3 aromatic heterocycles. The van der Waals surface area contributed by atoms with Gasteiger partial charge in [-0.25, -0.2) is 9.97 Å². The molecule has 0 radical (unpaired) electrons. The highest BCUT2D eigenvalue weighted by Gasteiger charge is 2.44. The van der Waals surface area contributed by atoms with Crippen molar-refractivity contribution in [1.82, 2.24) is 29.7 Å². The molecule has 6 rings (SSSR count). The number of nitrogens with one attached hydrogen (secondary N) is 1. The van der Waals surface area contributed by atoms with Crippen LogP contribution in [0.4, 0.5) is 0 Å². The number of hydrogen-bond acceptors (Lipinski definition) is 5. The monoisotopic (exact) mass is 452 g/mol. The van der Waals surface area contributed by atoms with Crippen molar-refractivity contribution in [2.45, 2.75) is 19.3 Å². The summed E-state index contributed by atoms with van der Waals surface area (Å²) in [6.45, 7) is 3.93. The Morgan fingerprint density at radius 3 is 2.74 bits per heavy atom. The maximum absolute atomic E-state index is 13.2. The normalized spacial score (nSPS) is 20.6. The van der Waals surface area contributed by atoms with Crippen LogP contribution in [-0.4, -0.2) is 68.9 Å². The Hall–Kier alpha value is -3.58.